The first-order valence-corrected chi connectivity index (χ1v) is 5.91. The Morgan fingerprint density at radius 1 is 1.18 bits per heavy atom. The van der Waals surface area contributed by atoms with E-state index in [9.17, 15) is 8.78 Å². The molecule has 1 aromatic carbocycles. The summed E-state index contributed by atoms with van der Waals surface area (Å²) in [5.41, 5.74) is 5.86. The molecular weight excluding hydrogens is 222 g/mol. The quantitative estimate of drug-likeness (QED) is 0.771. The Balaban J connectivity index is 2.68. The molecule has 1 unspecified atom stereocenters. The number of benzene rings is 1. The fraction of sp³-hybridized carbons (Fsp3) is 0.538. The van der Waals surface area contributed by atoms with Gasteiger partial charge in [0, 0.05) is 12.1 Å². The van der Waals surface area contributed by atoms with E-state index in [-0.39, 0.29) is 11.7 Å². The van der Waals surface area contributed by atoms with E-state index in [1.54, 1.807) is 0 Å². The summed E-state index contributed by atoms with van der Waals surface area (Å²) in [5.74, 6) is -0.723. The van der Waals surface area contributed by atoms with Gasteiger partial charge in [0.2, 0.25) is 0 Å². The largest absolute Gasteiger partial charge is 0.395 e. The van der Waals surface area contributed by atoms with Crippen LogP contribution in [0.4, 0.5) is 20.2 Å². The van der Waals surface area contributed by atoms with Gasteiger partial charge >= 0.3 is 0 Å². The van der Waals surface area contributed by atoms with Crippen molar-refractivity contribution in [1.29, 1.82) is 0 Å². The van der Waals surface area contributed by atoms with Crippen LogP contribution in [0.2, 0.25) is 0 Å². The monoisotopic (exact) mass is 242 g/mol. The molecule has 2 nitrogen and oxygen atoms in total. The van der Waals surface area contributed by atoms with Crippen LogP contribution in [0.5, 0.6) is 0 Å². The maximum absolute atomic E-state index is 13.2. The van der Waals surface area contributed by atoms with Crippen LogP contribution in [0.1, 0.15) is 33.6 Å². The minimum Gasteiger partial charge on any atom is -0.395 e. The van der Waals surface area contributed by atoms with Crippen molar-refractivity contribution in [2.24, 2.45) is 5.92 Å². The summed E-state index contributed by atoms with van der Waals surface area (Å²) in [4.78, 5) is 0. The molecule has 0 bridgehead atoms. The fourth-order valence-corrected chi connectivity index (χ4v) is 1.63. The SMILES string of the molecule is CC(C)CCC(C)Nc1cc(F)cc(F)c1N. The van der Waals surface area contributed by atoms with Crippen LogP contribution in [0.15, 0.2) is 12.1 Å². The third-order valence-corrected chi connectivity index (χ3v) is 2.67. The molecule has 0 aromatic heterocycles. The molecule has 0 saturated heterocycles. The van der Waals surface area contributed by atoms with E-state index in [4.69, 9.17) is 5.73 Å². The predicted molar refractivity (Wildman–Crippen MR) is 67.9 cm³/mol. The van der Waals surface area contributed by atoms with Crippen LogP contribution in [0.3, 0.4) is 0 Å². The van der Waals surface area contributed by atoms with Crippen LogP contribution < -0.4 is 11.1 Å². The van der Waals surface area contributed by atoms with Gasteiger partial charge in [-0.05, 0) is 31.7 Å². The van der Waals surface area contributed by atoms with Crippen LogP contribution in [0, 0.1) is 17.6 Å². The zero-order chi connectivity index (χ0) is 13.0. The average molecular weight is 242 g/mol. The predicted octanol–water partition coefficient (Wildman–Crippen LogP) is 3.78. The van der Waals surface area contributed by atoms with E-state index in [1.807, 2.05) is 6.92 Å². The Hall–Kier alpha value is -1.32. The summed E-state index contributed by atoms with van der Waals surface area (Å²) in [5, 5.41) is 3.04. The second-order valence-corrected chi connectivity index (χ2v) is 4.87. The van der Waals surface area contributed by atoms with Crippen LogP contribution >= 0.6 is 0 Å². The molecular formula is C13H20F2N2. The van der Waals surface area contributed by atoms with Gasteiger partial charge in [0.15, 0.2) is 5.82 Å². The Bertz CT molecular complexity index is 378. The highest BCUT2D eigenvalue weighted by atomic mass is 19.1. The van der Waals surface area contributed by atoms with Gasteiger partial charge in [-0.25, -0.2) is 8.78 Å². The van der Waals surface area contributed by atoms with Gasteiger partial charge in [-0.15, -0.1) is 0 Å². The maximum atomic E-state index is 13.2. The first-order valence-electron chi connectivity index (χ1n) is 5.91. The molecule has 1 aromatic rings. The number of halogens is 2. The van der Waals surface area contributed by atoms with Crippen LogP contribution in [-0.4, -0.2) is 6.04 Å². The molecule has 0 aliphatic heterocycles. The Morgan fingerprint density at radius 2 is 1.82 bits per heavy atom. The molecule has 0 saturated carbocycles. The number of rotatable bonds is 5. The molecule has 1 rings (SSSR count). The molecule has 4 heteroatoms. The average Bonchev–Trinajstić information content (AvgIpc) is 2.22. The molecule has 0 aliphatic carbocycles. The van der Waals surface area contributed by atoms with Crippen molar-refractivity contribution in [3.63, 3.8) is 0 Å². The van der Waals surface area contributed by atoms with Crippen LogP contribution in [0.25, 0.3) is 0 Å². The zero-order valence-electron chi connectivity index (χ0n) is 10.6. The summed E-state index contributed by atoms with van der Waals surface area (Å²) in [7, 11) is 0. The van der Waals surface area contributed by atoms with E-state index in [2.05, 4.69) is 19.2 Å². The highest BCUT2D eigenvalue weighted by molar-refractivity contribution is 5.67. The van der Waals surface area contributed by atoms with Crippen molar-refractivity contribution in [1.82, 2.24) is 0 Å². The standard InChI is InChI=1S/C13H20F2N2/c1-8(2)4-5-9(3)17-12-7-10(14)6-11(15)13(12)16/h6-9,17H,4-5,16H2,1-3H3. The number of nitrogen functional groups attached to an aromatic ring is 1. The lowest BCUT2D eigenvalue weighted by atomic mass is 10.0. The van der Waals surface area contributed by atoms with E-state index in [0.717, 1.165) is 18.9 Å². The Labute approximate surface area is 101 Å². The first kappa shape index (κ1) is 13.7. The number of nitrogens with two attached hydrogens (primary N) is 1. The molecule has 0 spiro atoms. The first-order chi connectivity index (χ1) is 7.90. The number of nitrogens with one attached hydrogen (secondary N) is 1. The fourth-order valence-electron chi connectivity index (χ4n) is 1.63. The second kappa shape index (κ2) is 5.84. The van der Waals surface area contributed by atoms with Gasteiger partial charge in [-0.3, -0.25) is 0 Å². The van der Waals surface area contributed by atoms with Crippen LogP contribution in [-0.2, 0) is 0 Å². The Kier molecular flexibility index (Phi) is 4.73. The molecule has 0 aliphatic rings. The summed E-state index contributed by atoms with van der Waals surface area (Å²) in [6.07, 6.45) is 2.00. The summed E-state index contributed by atoms with van der Waals surface area (Å²) >= 11 is 0. The van der Waals surface area contributed by atoms with E-state index in [1.165, 1.54) is 6.07 Å². The third-order valence-electron chi connectivity index (χ3n) is 2.67. The third kappa shape index (κ3) is 4.21. The van der Waals surface area contributed by atoms with Crippen molar-refractivity contribution in [3.8, 4) is 0 Å². The van der Waals surface area contributed by atoms with E-state index in [0.29, 0.717) is 11.6 Å². The molecule has 3 N–H and O–H groups in total. The van der Waals surface area contributed by atoms with Gasteiger partial charge < -0.3 is 11.1 Å². The number of anilines is 2. The maximum Gasteiger partial charge on any atom is 0.151 e. The van der Waals surface area contributed by atoms with Gasteiger partial charge in [0.25, 0.3) is 0 Å². The summed E-state index contributed by atoms with van der Waals surface area (Å²) in [6, 6.07) is 2.16. The summed E-state index contributed by atoms with van der Waals surface area (Å²) in [6.45, 7) is 6.26. The highest BCUT2D eigenvalue weighted by Gasteiger charge is 2.10. The molecule has 0 amide bonds. The lowest BCUT2D eigenvalue weighted by molar-refractivity contribution is 0.527. The van der Waals surface area contributed by atoms with E-state index >= 15 is 0 Å². The molecule has 17 heavy (non-hydrogen) atoms. The lowest BCUT2D eigenvalue weighted by Crippen LogP contribution is -2.17. The zero-order valence-corrected chi connectivity index (χ0v) is 10.6. The normalized spacial score (nSPS) is 12.8. The van der Waals surface area contributed by atoms with Crippen molar-refractivity contribution in [2.45, 2.75) is 39.7 Å². The highest BCUT2D eigenvalue weighted by Crippen LogP contribution is 2.24. The molecule has 0 heterocycles. The number of hydrogen-bond donors (Lipinski definition) is 2. The molecule has 96 valence electrons. The molecule has 0 radical (unpaired) electrons. The summed E-state index contributed by atoms with van der Waals surface area (Å²) < 4.78 is 26.2. The van der Waals surface area contributed by atoms with Crippen molar-refractivity contribution < 1.29 is 8.78 Å². The minimum atomic E-state index is -0.719. The Morgan fingerprint density at radius 3 is 2.41 bits per heavy atom. The molecule has 1 atom stereocenters. The molecule has 0 fully saturated rings. The van der Waals surface area contributed by atoms with Gasteiger partial charge in [-0.2, -0.15) is 0 Å². The van der Waals surface area contributed by atoms with Gasteiger partial charge in [-0.1, -0.05) is 13.8 Å². The van der Waals surface area contributed by atoms with Crippen molar-refractivity contribution in [3.05, 3.63) is 23.8 Å². The van der Waals surface area contributed by atoms with Gasteiger partial charge in [0.1, 0.15) is 5.82 Å². The lowest BCUT2D eigenvalue weighted by Gasteiger charge is -2.18. The van der Waals surface area contributed by atoms with Crippen molar-refractivity contribution >= 4 is 11.4 Å². The second-order valence-electron chi connectivity index (χ2n) is 4.87. The topological polar surface area (TPSA) is 38.0 Å². The minimum absolute atomic E-state index is 0.0252. The van der Waals surface area contributed by atoms with Crippen molar-refractivity contribution in [2.75, 3.05) is 11.1 Å². The smallest absolute Gasteiger partial charge is 0.151 e. The number of hydrogen-bond acceptors (Lipinski definition) is 2. The van der Waals surface area contributed by atoms with Gasteiger partial charge in [0.05, 0.1) is 11.4 Å². The van der Waals surface area contributed by atoms with E-state index < -0.39 is 11.6 Å².